The van der Waals surface area contributed by atoms with Crippen LogP contribution in [-0.2, 0) is 48.4 Å². The molecule has 0 atom stereocenters. The molecule has 4 rings (SSSR count). The number of nitrogens with zero attached hydrogens (tertiary/aromatic N) is 6. The summed E-state index contributed by atoms with van der Waals surface area (Å²) in [5.74, 6) is 0.0596. The number of carbonyl (C=O) groups is 1. The van der Waals surface area contributed by atoms with Gasteiger partial charge in [0.2, 0.25) is 0 Å². The largest absolute Gasteiger partial charge is 0.463 e. The highest BCUT2D eigenvalue weighted by Crippen LogP contribution is 2.38. The molecule has 15 heteroatoms. The van der Waals surface area contributed by atoms with E-state index in [0.29, 0.717) is 48.1 Å². The van der Waals surface area contributed by atoms with Crippen molar-refractivity contribution in [3.05, 3.63) is 63.2 Å². The Kier molecular flexibility index (Phi) is 11.1. The van der Waals surface area contributed by atoms with Gasteiger partial charge in [-0.15, -0.1) is 5.10 Å². The molecule has 252 valence electrons. The predicted molar refractivity (Wildman–Crippen MR) is 161 cm³/mol. The SMILES string of the molecule is CCc1cc(N(CC)CC2CCC(OC(C)=O)CC2)c(CN(Cc2cc(C(F)(F)F)cc(C(F)(F)F)c2)c2nnn(C)n2)cc1Cl. The summed E-state index contributed by atoms with van der Waals surface area (Å²) >= 11 is 6.66. The van der Waals surface area contributed by atoms with Crippen molar-refractivity contribution in [1.29, 1.82) is 0 Å². The summed E-state index contributed by atoms with van der Waals surface area (Å²) < 4.78 is 87.3. The molecule has 1 saturated carbocycles. The van der Waals surface area contributed by atoms with Gasteiger partial charge in [-0.2, -0.15) is 31.1 Å². The zero-order valence-electron chi connectivity index (χ0n) is 26.1. The summed E-state index contributed by atoms with van der Waals surface area (Å²) in [6.07, 6.45) is -6.16. The van der Waals surface area contributed by atoms with Gasteiger partial charge < -0.3 is 14.5 Å². The molecule has 1 aromatic heterocycles. The van der Waals surface area contributed by atoms with Crippen molar-refractivity contribution < 1.29 is 35.9 Å². The molecule has 2 aromatic carbocycles. The van der Waals surface area contributed by atoms with Gasteiger partial charge in [-0.25, -0.2) is 0 Å². The van der Waals surface area contributed by atoms with E-state index in [2.05, 4.69) is 20.3 Å². The summed E-state index contributed by atoms with van der Waals surface area (Å²) in [4.78, 5) is 16.2. The number of tetrazole rings is 1. The first-order valence-corrected chi connectivity index (χ1v) is 15.5. The van der Waals surface area contributed by atoms with Crippen LogP contribution in [0.5, 0.6) is 0 Å². The second-order valence-electron chi connectivity index (χ2n) is 11.6. The third-order valence-electron chi connectivity index (χ3n) is 8.12. The summed E-state index contributed by atoms with van der Waals surface area (Å²) in [5.41, 5.74) is -0.575. The van der Waals surface area contributed by atoms with Gasteiger partial charge in [0.1, 0.15) is 6.10 Å². The lowest BCUT2D eigenvalue weighted by molar-refractivity contribution is -0.148. The number of aromatic nitrogens is 4. The third kappa shape index (κ3) is 9.04. The van der Waals surface area contributed by atoms with Gasteiger partial charge in [0.05, 0.1) is 18.2 Å². The molecule has 0 bridgehead atoms. The number of alkyl halides is 6. The fourth-order valence-corrected chi connectivity index (χ4v) is 6.17. The normalized spacial score (nSPS) is 17.2. The number of halogens is 7. The number of benzene rings is 2. The maximum Gasteiger partial charge on any atom is 0.416 e. The first-order chi connectivity index (χ1) is 21.6. The predicted octanol–water partition coefficient (Wildman–Crippen LogP) is 7.62. The number of hydrogen-bond acceptors (Lipinski definition) is 7. The van der Waals surface area contributed by atoms with Gasteiger partial charge >= 0.3 is 18.3 Å². The molecule has 0 N–H and O–H groups in total. The number of carbonyl (C=O) groups excluding carboxylic acids is 1. The Balaban J connectivity index is 1.70. The molecule has 8 nitrogen and oxygen atoms in total. The molecule has 0 saturated heterocycles. The molecule has 3 aromatic rings. The molecule has 0 spiro atoms. The molecule has 1 aliphatic carbocycles. The summed E-state index contributed by atoms with van der Waals surface area (Å²) in [6.45, 7) is 6.38. The molecule has 0 aliphatic heterocycles. The van der Waals surface area contributed by atoms with E-state index < -0.39 is 23.5 Å². The van der Waals surface area contributed by atoms with Crippen molar-refractivity contribution in [2.75, 3.05) is 22.9 Å². The monoisotopic (exact) mass is 674 g/mol. The maximum atomic E-state index is 13.7. The summed E-state index contributed by atoms with van der Waals surface area (Å²) in [6, 6.07) is 5.29. The quantitative estimate of drug-likeness (QED) is 0.153. The summed E-state index contributed by atoms with van der Waals surface area (Å²) in [7, 11) is 1.51. The number of hydrogen-bond donors (Lipinski definition) is 0. The van der Waals surface area contributed by atoms with Crippen molar-refractivity contribution in [2.24, 2.45) is 13.0 Å². The molecule has 46 heavy (non-hydrogen) atoms. The molecule has 0 amide bonds. The topological polar surface area (TPSA) is 76.4 Å². The number of anilines is 2. The Labute approximate surface area is 268 Å². The van der Waals surface area contributed by atoms with Crippen LogP contribution in [-0.4, -0.2) is 45.4 Å². The van der Waals surface area contributed by atoms with E-state index in [4.69, 9.17) is 16.3 Å². The highest BCUT2D eigenvalue weighted by molar-refractivity contribution is 6.31. The van der Waals surface area contributed by atoms with Gasteiger partial charge in [0, 0.05) is 43.8 Å². The Hall–Kier alpha value is -3.55. The first kappa shape index (κ1) is 35.3. The van der Waals surface area contributed by atoms with Gasteiger partial charge in [-0.05, 0) is 97.2 Å². The fourth-order valence-electron chi connectivity index (χ4n) is 5.85. The number of ether oxygens (including phenoxy) is 1. The van der Waals surface area contributed by atoms with Crippen LogP contribution in [0.15, 0.2) is 30.3 Å². The molecular formula is C31H37ClF6N6O2. The van der Waals surface area contributed by atoms with Crippen LogP contribution in [0.3, 0.4) is 0 Å². The Morgan fingerprint density at radius 2 is 1.57 bits per heavy atom. The Bertz CT molecular complexity index is 1470. The highest BCUT2D eigenvalue weighted by Gasteiger charge is 2.37. The number of rotatable bonds is 11. The highest BCUT2D eigenvalue weighted by atomic mass is 35.5. The first-order valence-electron chi connectivity index (χ1n) is 15.1. The number of esters is 1. The zero-order chi connectivity index (χ0) is 33.8. The fraction of sp³-hybridized carbons (Fsp3) is 0.548. The Morgan fingerprint density at radius 1 is 0.935 bits per heavy atom. The minimum Gasteiger partial charge on any atom is -0.463 e. The smallest absolute Gasteiger partial charge is 0.416 e. The summed E-state index contributed by atoms with van der Waals surface area (Å²) in [5, 5.41) is 12.6. The molecule has 1 heterocycles. The van der Waals surface area contributed by atoms with Crippen molar-refractivity contribution in [1.82, 2.24) is 20.2 Å². The van der Waals surface area contributed by atoms with E-state index in [0.717, 1.165) is 41.7 Å². The lowest BCUT2D eigenvalue weighted by Crippen LogP contribution is -2.34. The van der Waals surface area contributed by atoms with Crippen molar-refractivity contribution in [3.63, 3.8) is 0 Å². The van der Waals surface area contributed by atoms with Crippen LogP contribution in [0.1, 0.15) is 74.3 Å². The third-order valence-corrected chi connectivity index (χ3v) is 8.47. The zero-order valence-corrected chi connectivity index (χ0v) is 26.8. The Morgan fingerprint density at radius 3 is 2.07 bits per heavy atom. The molecule has 0 radical (unpaired) electrons. The minimum absolute atomic E-state index is 0.0258. The lowest BCUT2D eigenvalue weighted by Gasteiger charge is -2.35. The molecular weight excluding hydrogens is 638 g/mol. The second-order valence-corrected chi connectivity index (χ2v) is 12.0. The number of aryl methyl sites for hydroxylation is 2. The average Bonchev–Trinajstić information content (AvgIpc) is 3.41. The van der Waals surface area contributed by atoms with E-state index in [9.17, 15) is 31.1 Å². The minimum atomic E-state index is -4.98. The van der Waals surface area contributed by atoms with Crippen LogP contribution in [0.25, 0.3) is 0 Å². The van der Waals surface area contributed by atoms with Gasteiger partial charge in [0.25, 0.3) is 5.95 Å². The van der Waals surface area contributed by atoms with Crippen LogP contribution < -0.4 is 9.80 Å². The van der Waals surface area contributed by atoms with E-state index in [1.807, 2.05) is 19.9 Å². The van der Waals surface area contributed by atoms with Gasteiger partial charge in [-0.1, -0.05) is 23.6 Å². The second kappa shape index (κ2) is 14.5. The van der Waals surface area contributed by atoms with Crippen LogP contribution in [0.2, 0.25) is 5.02 Å². The van der Waals surface area contributed by atoms with Crippen LogP contribution >= 0.6 is 11.6 Å². The maximum absolute atomic E-state index is 13.7. The van der Waals surface area contributed by atoms with Crippen molar-refractivity contribution in [3.8, 4) is 0 Å². The van der Waals surface area contributed by atoms with E-state index >= 15 is 0 Å². The van der Waals surface area contributed by atoms with Crippen molar-refractivity contribution in [2.45, 2.75) is 84.4 Å². The van der Waals surface area contributed by atoms with Crippen molar-refractivity contribution >= 4 is 29.2 Å². The molecule has 0 unspecified atom stereocenters. The van der Waals surface area contributed by atoms with Gasteiger partial charge in [0.15, 0.2) is 0 Å². The molecule has 1 fully saturated rings. The van der Waals surface area contributed by atoms with Crippen LogP contribution in [0, 0.1) is 5.92 Å². The van der Waals surface area contributed by atoms with Crippen LogP contribution in [0.4, 0.5) is 38.0 Å². The van der Waals surface area contributed by atoms with Gasteiger partial charge in [-0.3, -0.25) is 4.79 Å². The van der Waals surface area contributed by atoms with E-state index in [1.54, 1.807) is 6.07 Å². The average molecular weight is 675 g/mol. The lowest BCUT2D eigenvalue weighted by atomic mass is 9.86. The standard InChI is InChI=1S/C31H37ClF6N6O2/c1-5-22-14-28(43(6-2)16-20-7-9-26(10-8-20)46-19(3)45)23(13-27(22)32)18-44(29-39-41-42(4)40-29)17-21-11-24(30(33,34)35)15-25(12-21)31(36,37)38/h11-15,20,26H,5-10,16-18H2,1-4H3. The van der Waals surface area contributed by atoms with E-state index in [-0.39, 0.29) is 42.7 Å². The van der Waals surface area contributed by atoms with E-state index in [1.165, 1.54) is 18.9 Å². The molecule has 1 aliphatic rings.